The molecule has 15 heavy (non-hydrogen) atoms. The van der Waals surface area contributed by atoms with Crippen LogP contribution in [0.5, 0.6) is 0 Å². The average Bonchev–Trinajstić information content (AvgIpc) is 2.23. The molecule has 1 aromatic heterocycles. The van der Waals surface area contributed by atoms with Gasteiger partial charge < -0.3 is 5.73 Å². The number of anilines is 1. The Kier molecular flexibility index (Phi) is 2.28. The summed E-state index contributed by atoms with van der Waals surface area (Å²) in [6.07, 6.45) is 1.50. The summed E-state index contributed by atoms with van der Waals surface area (Å²) in [5.41, 5.74) is 6.50. The monoisotopic (exact) mass is 267 g/mol. The molecule has 0 radical (unpaired) electrons. The Morgan fingerprint density at radius 1 is 1.53 bits per heavy atom. The van der Waals surface area contributed by atoms with Gasteiger partial charge >= 0.3 is 0 Å². The van der Waals surface area contributed by atoms with Gasteiger partial charge in [0.1, 0.15) is 5.52 Å². The van der Waals surface area contributed by atoms with Crippen LogP contribution < -0.4 is 5.73 Å². The van der Waals surface area contributed by atoms with Crippen LogP contribution in [-0.4, -0.2) is 9.91 Å². The molecule has 2 rings (SSSR count). The third-order valence-corrected chi connectivity index (χ3v) is 2.71. The van der Waals surface area contributed by atoms with Crippen LogP contribution >= 0.6 is 15.9 Å². The van der Waals surface area contributed by atoms with E-state index in [-0.39, 0.29) is 5.69 Å². The molecule has 76 valence electrons. The van der Waals surface area contributed by atoms with Crippen LogP contribution in [-0.2, 0) is 0 Å². The van der Waals surface area contributed by atoms with Gasteiger partial charge in [-0.25, -0.2) is 4.98 Å². The third-order valence-electron chi connectivity index (χ3n) is 2.06. The zero-order valence-electron chi connectivity index (χ0n) is 7.48. The lowest BCUT2D eigenvalue weighted by Crippen LogP contribution is -1.96. The largest absolute Gasteiger partial charge is 0.397 e. The predicted molar refractivity (Wildman–Crippen MR) is 60.5 cm³/mol. The average molecular weight is 268 g/mol. The molecule has 1 aromatic carbocycles. The number of halogens is 1. The lowest BCUT2D eigenvalue weighted by molar-refractivity contribution is -0.383. The summed E-state index contributed by atoms with van der Waals surface area (Å²) >= 11 is 3.18. The van der Waals surface area contributed by atoms with Crippen molar-refractivity contribution >= 4 is 38.2 Å². The first-order valence-electron chi connectivity index (χ1n) is 4.08. The predicted octanol–water partition coefficient (Wildman–Crippen LogP) is 2.49. The first kappa shape index (κ1) is 9.85. The van der Waals surface area contributed by atoms with Crippen molar-refractivity contribution in [2.75, 3.05) is 5.73 Å². The lowest BCUT2D eigenvalue weighted by atomic mass is 10.1. The van der Waals surface area contributed by atoms with Gasteiger partial charge in [0.2, 0.25) is 0 Å². The van der Waals surface area contributed by atoms with Gasteiger partial charge in [-0.2, -0.15) is 0 Å². The first-order chi connectivity index (χ1) is 7.11. The number of nitrogens with two attached hydrogens (primary N) is 1. The Balaban J connectivity index is 2.94. The zero-order valence-corrected chi connectivity index (χ0v) is 9.06. The highest BCUT2D eigenvalue weighted by Gasteiger charge is 2.16. The van der Waals surface area contributed by atoms with E-state index in [1.54, 1.807) is 12.1 Å². The molecule has 0 unspecified atom stereocenters. The van der Waals surface area contributed by atoms with Crippen LogP contribution in [0.4, 0.5) is 11.4 Å². The van der Waals surface area contributed by atoms with Crippen LogP contribution in [0.15, 0.2) is 28.9 Å². The van der Waals surface area contributed by atoms with E-state index in [0.29, 0.717) is 21.1 Å². The maximum Gasteiger partial charge on any atom is 0.296 e. The van der Waals surface area contributed by atoms with Gasteiger partial charge in [0, 0.05) is 22.1 Å². The SMILES string of the molecule is Nc1c(Br)cc([N+](=O)[O-])c2ncccc12. The fraction of sp³-hybridized carbons (Fsp3) is 0. The summed E-state index contributed by atoms with van der Waals surface area (Å²) in [7, 11) is 0. The van der Waals surface area contributed by atoms with Gasteiger partial charge in [0.15, 0.2) is 0 Å². The van der Waals surface area contributed by atoms with Crippen molar-refractivity contribution in [3.05, 3.63) is 39.0 Å². The zero-order chi connectivity index (χ0) is 11.0. The van der Waals surface area contributed by atoms with Crippen LogP contribution in [0.25, 0.3) is 10.9 Å². The van der Waals surface area contributed by atoms with E-state index in [4.69, 9.17) is 5.73 Å². The van der Waals surface area contributed by atoms with Crippen molar-refractivity contribution in [1.82, 2.24) is 4.98 Å². The molecule has 0 fully saturated rings. The van der Waals surface area contributed by atoms with E-state index < -0.39 is 4.92 Å². The smallest absolute Gasteiger partial charge is 0.296 e. The summed E-state index contributed by atoms with van der Waals surface area (Å²) in [5, 5.41) is 11.4. The minimum atomic E-state index is -0.473. The van der Waals surface area contributed by atoms with E-state index in [9.17, 15) is 10.1 Å². The fourth-order valence-corrected chi connectivity index (χ4v) is 1.79. The molecular formula is C9H6BrN3O2. The molecule has 0 atom stereocenters. The Bertz CT molecular complexity index is 556. The van der Waals surface area contributed by atoms with E-state index in [0.717, 1.165) is 0 Å². The lowest BCUT2D eigenvalue weighted by Gasteiger charge is -2.03. The number of non-ortho nitro benzene ring substituents is 1. The van der Waals surface area contributed by atoms with Gasteiger partial charge in [-0.3, -0.25) is 10.1 Å². The second-order valence-corrected chi connectivity index (χ2v) is 3.80. The number of pyridine rings is 1. The van der Waals surface area contributed by atoms with Crippen molar-refractivity contribution in [3.63, 3.8) is 0 Å². The number of hydrogen-bond donors (Lipinski definition) is 1. The normalized spacial score (nSPS) is 10.5. The second-order valence-electron chi connectivity index (χ2n) is 2.95. The summed E-state index contributed by atoms with van der Waals surface area (Å²) in [4.78, 5) is 14.3. The van der Waals surface area contributed by atoms with E-state index in [2.05, 4.69) is 20.9 Å². The molecule has 5 nitrogen and oxygen atoms in total. The summed E-state index contributed by atoms with van der Waals surface area (Å²) < 4.78 is 0.509. The van der Waals surface area contributed by atoms with Gasteiger partial charge in [-0.05, 0) is 28.1 Å². The van der Waals surface area contributed by atoms with E-state index in [1.807, 2.05) is 0 Å². The van der Waals surface area contributed by atoms with E-state index in [1.165, 1.54) is 12.3 Å². The molecular weight excluding hydrogens is 262 g/mol. The molecule has 0 bridgehead atoms. The molecule has 0 spiro atoms. The highest BCUT2D eigenvalue weighted by Crippen LogP contribution is 2.34. The number of nitro benzene ring substituents is 1. The van der Waals surface area contributed by atoms with Crippen molar-refractivity contribution in [2.24, 2.45) is 0 Å². The molecule has 0 saturated carbocycles. The highest BCUT2D eigenvalue weighted by atomic mass is 79.9. The number of rotatable bonds is 1. The van der Waals surface area contributed by atoms with Gasteiger partial charge in [-0.1, -0.05) is 0 Å². The highest BCUT2D eigenvalue weighted by molar-refractivity contribution is 9.10. The van der Waals surface area contributed by atoms with Gasteiger partial charge in [0.25, 0.3) is 5.69 Å². The van der Waals surface area contributed by atoms with Crippen LogP contribution in [0.1, 0.15) is 0 Å². The second kappa shape index (κ2) is 3.47. The molecule has 2 N–H and O–H groups in total. The van der Waals surface area contributed by atoms with Crippen molar-refractivity contribution in [2.45, 2.75) is 0 Å². The number of fused-ring (bicyclic) bond motifs is 1. The summed E-state index contributed by atoms with van der Waals surface area (Å²) in [6, 6.07) is 4.76. The minimum absolute atomic E-state index is 0.0494. The molecule has 0 aliphatic rings. The number of nitrogens with zero attached hydrogens (tertiary/aromatic N) is 2. The van der Waals surface area contributed by atoms with Crippen LogP contribution in [0, 0.1) is 10.1 Å². The number of benzene rings is 1. The summed E-state index contributed by atoms with van der Waals surface area (Å²) in [5.74, 6) is 0. The number of nitro groups is 1. The van der Waals surface area contributed by atoms with Crippen LogP contribution in [0.3, 0.4) is 0 Å². The molecule has 1 heterocycles. The molecule has 0 aliphatic heterocycles. The third kappa shape index (κ3) is 1.52. The Hall–Kier alpha value is -1.69. The Labute approximate surface area is 93.2 Å². The molecule has 0 aliphatic carbocycles. The summed E-state index contributed by atoms with van der Waals surface area (Å²) in [6.45, 7) is 0. The fourth-order valence-electron chi connectivity index (χ4n) is 1.36. The van der Waals surface area contributed by atoms with Crippen LogP contribution in [0.2, 0.25) is 0 Å². The van der Waals surface area contributed by atoms with Gasteiger partial charge in [0.05, 0.1) is 10.6 Å². The van der Waals surface area contributed by atoms with Gasteiger partial charge in [-0.15, -0.1) is 0 Å². The van der Waals surface area contributed by atoms with Crippen molar-refractivity contribution in [1.29, 1.82) is 0 Å². The van der Waals surface area contributed by atoms with E-state index >= 15 is 0 Å². The molecule has 0 amide bonds. The quantitative estimate of drug-likeness (QED) is 0.489. The first-order valence-corrected chi connectivity index (χ1v) is 4.87. The topological polar surface area (TPSA) is 82.0 Å². The number of aromatic nitrogens is 1. The number of hydrogen-bond acceptors (Lipinski definition) is 4. The molecule has 2 aromatic rings. The maximum absolute atomic E-state index is 10.8. The van der Waals surface area contributed by atoms with Crippen molar-refractivity contribution in [3.8, 4) is 0 Å². The standard InChI is InChI=1S/C9H6BrN3O2/c10-6-4-7(13(14)15)9-5(8(6)11)2-1-3-12-9/h1-4H,11H2. The Morgan fingerprint density at radius 3 is 2.93 bits per heavy atom. The Morgan fingerprint density at radius 2 is 2.27 bits per heavy atom. The number of nitrogen functional groups attached to an aromatic ring is 1. The van der Waals surface area contributed by atoms with Crippen molar-refractivity contribution < 1.29 is 4.92 Å². The maximum atomic E-state index is 10.8. The molecule has 0 saturated heterocycles. The molecule has 6 heteroatoms. The minimum Gasteiger partial charge on any atom is -0.397 e.